The largest absolute Gasteiger partial charge is 0.356 e. The van der Waals surface area contributed by atoms with Gasteiger partial charge in [0.1, 0.15) is 0 Å². The third-order valence-corrected chi connectivity index (χ3v) is 1.74. The van der Waals surface area contributed by atoms with Crippen molar-refractivity contribution < 1.29 is 9.59 Å². The minimum absolute atomic E-state index is 0. The maximum Gasteiger partial charge on any atom is 0.221 e. The topological polar surface area (TPSA) is 110 Å². The normalized spacial score (nSPS) is 8.59. The lowest BCUT2D eigenvalue weighted by Crippen LogP contribution is -2.31. The predicted molar refractivity (Wildman–Crippen MR) is 72.5 cm³/mol. The lowest BCUT2D eigenvalue weighted by atomic mass is 10.3. The Balaban J connectivity index is -0.000000980. The minimum Gasteiger partial charge on any atom is -0.356 e. The Kier molecular flexibility index (Phi) is 19.7. The van der Waals surface area contributed by atoms with Crippen LogP contribution in [-0.2, 0) is 9.59 Å². The molecule has 0 atom stereocenters. The summed E-state index contributed by atoms with van der Waals surface area (Å²) in [5.74, 6) is -0.100. The summed E-state index contributed by atoms with van der Waals surface area (Å²) in [4.78, 5) is 21.9. The summed E-state index contributed by atoms with van der Waals surface area (Å²) in [7, 11) is 0. The molecule has 0 aliphatic heterocycles. The van der Waals surface area contributed by atoms with Crippen LogP contribution in [0.2, 0.25) is 0 Å². The molecule has 0 aliphatic rings. The zero-order valence-electron chi connectivity index (χ0n) is 9.74. The Morgan fingerprint density at radius 2 is 1.18 bits per heavy atom. The average Bonchev–Trinajstić information content (AvgIpc) is 2.18. The average molecular weight is 289 g/mol. The van der Waals surface area contributed by atoms with Crippen molar-refractivity contribution >= 4 is 36.6 Å². The van der Waals surface area contributed by atoms with Crippen LogP contribution in [0.3, 0.4) is 0 Å². The molecule has 0 bridgehead atoms. The highest BCUT2D eigenvalue weighted by Crippen LogP contribution is 1.80. The number of carbonyl (C=O) groups excluding carboxylic acids is 2. The summed E-state index contributed by atoms with van der Waals surface area (Å²) in [6.45, 7) is 1.83. The van der Waals surface area contributed by atoms with Crippen molar-refractivity contribution in [1.82, 2.24) is 10.6 Å². The maximum atomic E-state index is 10.9. The molecule has 17 heavy (non-hydrogen) atoms. The van der Waals surface area contributed by atoms with E-state index in [4.69, 9.17) is 11.5 Å². The second-order valence-corrected chi connectivity index (χ2v) is 3.13. The standard InChI is InChI=1S/C9H20N4O2.2ClH/c10-4-2-8(14)12-6-1-7-13-9(15)3-5-11;;/h1-7,10-11H2,(H,12,14)(H,13,15);2*1H. The molecule has 2 amide bonds. The second kappa shape index (κ2) is 15.4. The van der Waals surface area contributed by atoms with Gasteiger partial charge >= 0.3 is 0 Å². The first-order chi connectivity index (χ1) is 7.20. The van der Waals surface area contributed by atoms with E-state index in [0.717, 1.165) is 0 Å². The maximum absolute atomic E-state index is 10.9. The molecule has 0 aromatic carbocycles. The van der Waals surface area contributed by atoms with Crippen LogP contribution < -0.4 is 22.1 Å². The lowest BCUT2D eigenvalue weighted by molar-refractivity contribution is -0.121. The van der Waals surface area contributed by atoms with Crippen LogP contribution in [0, 0.1) is 0 Å². The molecule has 0 saturated carbocycles. The van der Waals surface area contributed by atoms with Crippen LogP contribution in [0.5, 0.6) is 0 Å². The highest BCUT2D eigenvalue weighted by atomic mass is 35.5. The van der Waals surface area contributed by atoms with E-state index in [0.29, 0.717) is 45.4 Å². The molecular weight excluding hydrogens is 267 g/mol. The van der Waals surface area contributed by atoms with Crippen molar-refractivity contribution in [3.05, 3.63) is 0 Å². The number of amides is 2. The molecule has 0 radical (unpaired) electrons. The van der Waals surface area contributed by atoms with Gasteiger partial charge in [-0.3, -0.25) is 9.59 Å². The van der Waals surface area contributed by atoms with Gasteiger partial charge in [-0.1, -0.05) is 0 Å². The van der Waals surface area contributed by atoms with Gasteiger partial charge in [0, 0.05) is 39.0 Å². The van der Waals surface area contributed by atoms with Gasteiger partial charge in [0.25, 0.3) is 0 Å². The zero-order chi connectivity index (χ0) is 11.5. The van der Waals surface area contributed by atoms with Crippen molar-refractivity contribution in [2.75, 3.05) is 26.2 Å². The van der Waals surface area contributed by atoms with Crippen LogP contribution in [0.15, 0.2) is 0 Å². The molecule has 0 aromatic rings. The Morgan fingerprint density at radius 3 is 1.47 bits per heavy atom. The summed E-state index contributed by atoms with van der Waals surface area (Å²) in [5.41, 5.74) is 10.4. The molecule has 0 unspecified atom stereocenters. The quantitative estimate of drug-likeness (QED) is 0.436. The van der Waals surface area contributed by atoms with Crippen molar-refractivity contribution in [3.63, 3.8) is 0 Å². The van der Waals surface area contributed by atoms with Crippen LogP contribution in [-0.4, -0.2) is 38.0 Å². The summed E-state index contributed by atoms with van der Waals surface area (Å²) in [6, 6.07) is 0. The Hall–Kier alpha value is -0.560. The molecule has 6 nitrogen and oxygen atoms in total. The second-order valence-electron chi connectivity index (χ2n) is 3.13. The van der Waals surface area contributed by atoms with E-state index in [9.17, 15) is 9.59 Å². The number of nitrogens with one attached hydrogen (secondary N) is 2. The molecule has 6 N–H and O–H groups in total. The monoisotopic (exact) mass is 288 g/mol. The van der Waals surface area contributed by atoms with Crippen LogP contribution >= 0.6 is 24.8 Å². The van der Waals surface area contributed by atoms with Crippen molar-refractivity contribution in [2.45, 2.75) is 19.3 Å². The number of halogens is 2. The molecule has 104 valence electrons. The van der Waals surface area contributed by atoms with Crippen LogP contribution in [0.25, 0.3) is 0 Å². The Labute approximate surface area is 114 Å². The highest BCUT2D eigenvalue weighted by Gasteiger charge is 1.99. The summed E-state index contributed by atoms with van der Waals surface area (Å²) in [6.07, 6.45) is 1.41. The number of nitrogens with two attached hydrogens (primary N) is 2. The fraction of sp³-hybridized carbons (Fsp3) is 0.778. The summed E-state index contributed by atoms with van der Waals surface area (Å²) >= 11 is 0. The van der Waals surface area contributed by atoms with Gasteiger partial charge in [0.15, 0.2) is 0 Å². The van der Waals surface area contributed by atoms with Gasteiger partial charge in [-0.05, 0) is 6.42 Å². The number of hydrogen-bond acceptors (Lipinski definition) is 4. The molecule has 0 spiro atoms. The zero-order valence-corrected chi connectivity index (χ0v) is 11.4. The number of carbonyl (C=O) groups is 2. The molecule has 0 aliphatic carbocycles. The predicted octanol–water partition coefficient (Wildman–Crippen LogP) is -0.850. The smallest absolute Gasteiger partial charge is 0.221 e. The van der Waals surface area contributed by atoms with Gasteiger partial charge < -0.3 is 22.1 Å². The molecular formula is C9H22Cl2N4O2. The first kappa shape index (κ1) is 21.7. The third kappa shape index (κ3) is 15.4. The first-order valence-corrected chi connectivity index (χ1v) is 5.14. The lowest BCUT2D eigenvalue weighted by Gasteiger charge is -2.05. The van der Waals surface area contributed by atoms with E-state index in [1.165, 1.54) is 0 Å². The Morgan fingerprint density at radius 1 is 0.824 bits per heavy atom. The number of rotatable bonds is 8. The van der Waals surface area contributed by atoms with E-state index in [1.54, 1.807) is 0 Å². The van der Waals surface area contributed by atoms with Crippen molar-refractivity contribution in [3.8, 4) is 0 Å². The van der Waals surface area contributed by atoms with Gasteiger partial charge in [0.2, 0.25) is 11.8 Å². The fourth-order valence-electron chi connectivity index (χ4n) is 0.983. The van der Waals surface area contributed by atoms with Gasteiger partial charge in [-0.25, -0.2) is 0 Å². The SMILES string of the molecule is Cl.Cl.NCCC(=O)NCCCNC(=O)CCN. The third-order valence-electron chi connectivity index (χ3n) is 1.74. The van der Waals surface area contributed by atoms with E-state index >= 15 is 0 Å². The fourth-order valence-corrected chi connectivity index (χ4v) is 0.983. The Bertz CT molecular complexity index is 185. The number of hydrogen-bond donors (Lipinski definition) is 4. The van der Waals surface area contributed by atoms with Gasteiger partial charge in [0.05, 0.1) is 0 Å². The summed E-state index contributed by atoms with van der Waals surface area (Å²) < 4.78 is 0. The van der Waals surface area contributed by atoms with Crippen LogP contribution in [0.1, 0.15) is 19.3 Å². The van der Waals surface area contributed by atoms with Crippen molar-refractivity contribution in [1.29, 1.82) is 0 Å². The molecule has 0 heterocycles. The molecule has 0 fully saturated rings. The van der Waals surface area contributed by atoms with Crippen molar-refractivity contribution in [2.24, 2.45) is 11.5 Å². The minimum atomic E-state index is -0.0502. The van der Waals surface area contributed by atoms with E-state index in [2.05, 4.69) is 10.6 Å². The molecule has 0 rings (SSSR count). The molecule has 0 aromatic heterocycles. The van der Waals surface area contributed by atoms with E-state index in [1.807, 2.05) is 0 Å². The highest BCUT2D eigenvalue weighted by molar-refractivity contribution is 5.85. The summed E-state index contributed by atoms with van der Waals surface area (Å²) in [5, 5.41) is 5.39. The van der Waals surface area contributed by atoms with E-state index < -0.39 is 0 Å². The van der Waals surface area contributed by atoms with Crippen LogP contribution in [0.4, 0.5) is 0 Å². The van der Waals surface area contributed by atoms with Gasteiger partial charge in [-0.15, -0.1) is 24.8 Å². The molecule has 8 heteroatoms. The van der Waals surface area contributed by atoms with Gasteiger partial charge in [-0.2, -0.15) is 0 Å². The van der Waals surface area contributed by atoms with E-state index in [-0.39, 0.29) is 36.6 Å². The molecule has 0 saturated heterocycles. The first-order valence-electron chi connectivity index (χ1n) is 5.14.